The Bertz CT molecular complexity index is 986. The Morgan fingerprint density at radius 1 is 1.07 bits per heavy atom. The van der Waals surface area contributed by atoms with Crippen LogP contribution in [-0.4, -0.2) is 26.7 Å². The number of fused-ring (bicyclic) bond motifs is 1. The van der Waals surface area contributed by atoms with Gasteiger partial charge in [0.1, 0.15) is 0 Å². The van der Waals surface area contributed by atoms with Crippen molar-refractivity contribution in [3.8, 4) is 11.5 Å². The van der Waals surface area contributed by atoms with Crippen LogP contribution in [0.2, 0.25) is 0 Å². The summed E-state index contributed by atoms with van der Waals surface area (Å²) in [6.07, 6.45) is 0. The minimum absolute atomic E-state index is 0. The summed E-state index contributed by atoms with van der Waals surface area (Å²) in [4.78, 5) is 12.5. The maximum Gasteiger partial charge on any atom is 0.255 e. The van der Waals surface area contributed by atoms with Gasteiger partial charge in [-0.2, -0.15) is 0 Å². The van der Waals surface area contributed by atoms with Gasteiger partial charge in [0.05, 0.1) is 16.3 Å². The van der Waals surface area contributed by atoms with Gasteiger partial charge in [0, 0.05) is 23.2 Å². The number of benzene rings is 2. The molecule has 1 amide bonds. The summed E-state index contributed by atoms with van der Waals surface area (Å²) in [7, 11) is -3.67. The van der Waals surface area contributed by atoms with Crippen molar-refractivity contribution in [1.29, 1.82) is 0 Å². The first-order valence-corrected chi connectivity index (χ1v) is 9.68. The molecule has 0 unspecified atom stereocenters. The van der Waals surface area contributed by atoms with E-state index in [9.17, 15) is 13.2 Å². The van der Waals surface area contributed by atoms with Crippen LogP contribution >= 0.6 is 12.4 Å². The molecule has 10 heteroatoms. The molecule has 0 atom stereocenters. The third kappa shape index (κ3) is 4.86. The number of anilines is 2. The van der Waals surface area contributed by atoms with Crippen molar-refractivity contribution >= 4 is 39.7 Å². The minimum Gasteiger partial charge on any atom is -0.454 e. The highest BCUT2D eigenvalue weighted by atomic mass is 35.5. The molecule has 8 nitrogen and oxygen atoms in total. The van der Waals surface area contributed by atoms with E-state index >= 15 is 0 Å². The van der Waals surface area contributed by atoms with E-state index in [0.717, 1.165) is 0 Å². The molecule has 1 aliphatic heterocycles. The molecule has 0 spiro atoms. The number of hydrogen-bond acceptors (Lipinski definition) is 6. The number of hydrogen-bond donors (Lipinski definition) is 3. The standard InChI is InChI=1S/C18H21N3O5S.ClH/c1-18(2,3)21-27(23,24)12-6-4-11(5-7-12)17(22)20-14-9-16-15(8-13(14)19)25-10-26-16;/h4-9,21H,10,19H2,1-3H3,(H,20,22);1H. The summed E-state index contributed by atoms with van der Waals surface area (Å²) < 4.78 is 37.7. The van der Waals surface area contributed by atoms with Gasteiger partial charge >= 0.3 is 0 Å². The summed E-state index contributed by atoms with van der Waals surface area (Å²) in [6, 6.07) is 8.80. The molecule has 0 radical (unpaired) electrons. The number of nitrogen functional groups attached to an aromatic ring is 1. The minimum atomic E-state index is -3.67. The van der Waals surface area contributed by atoms with Gasteiger partial charge in [-0.05, 0) is 45.0 Å². The molecule has 0 aliphatic carbocycles. The van der Waals surface area contributed by atoms with Gasteiger partial charge < -0.3 is 20.5 Å². The fraction of sp³-hybridized carbons (Fsp3) is 0.278. The maximum absolute atomic E-state index is 12.5. The average molecular weight is 428 g/mol. The Morgan fingerprint density at radius 3 is 2.21 bits per heavy atom. The van der Waals surface area contributed by atoms with E-state index in [4.69, 9.17) is 15.2 Å². The molecular formula is C18H22ClN3O5S. The summed E-state index contributed by atoms with van der Waals surface area (Å²) in [5, 5.41) is 2.69. The molecule has 0 saturated carbocycles. The summed E-state index contributed by atoms with van der Waals surface area (Å²) in [5.74, 6) is 0.592. The van der Waals surface area contributed by atoms with Crippen LogP contribution in [-0.2, 0) is 10.0 Å². The molecule has 28 heavy (non-hydrogen) atoms. The van der Waals surface area contributed by atoms with E-state index in [1.165, 1.54) is 24.3 Å². The van der Waals surface area contributed by atoms with Gasteiger partial charge in [-0.1, -0.05) is 0 Å². The van der Waals surface area contributed by atoms with E-state index in [2.05, 4.69) is 10.0 Å². The van der Waals surface area contributed by atoms with Crippen molar-refractivity contribution < 1.29 is 22.7 Å². The number of carbonyl (C=O) groups is 1. The molecule has 1 aliphatic rings. The summed E-state index contributed by atoms with van der Waals surface area (Å²) in [6.45, 7) is 5.36. The molecule has 0 bridgehead atoms. The Labute approximate surface area is 169 Å². The largest absolute Gasteiger partial charge is 0.454 e. The van der Waals surface area contributed by atoms with Crippen LogP contribution in [0.25, 0.3) is 0 Å². The highest BCUT2D eigenvalue weighted by Crippen LogP contribution is 2.38. The first-order chi connectivity index (χ1) is 12.5. The molecule has 0 aromatic heterocycles. The van der Waals surface area contributed by atoms with E-state index in [-0.39, 0.29) is 24.1 Å². The number of nitrogens with one attached hydrogen (secondary N) is 2. The van der Waals surface area contributed by atoms with Crippen molar-refractivity contribution in [2.75, 3.05) is 17.8 Å². The Kier molecular flexibility index (Phi) is 6.12. The number of sulfonamides is 1. The zero-order valence-electron chi connectivity index (χ0n) is 15.6. The summed E-state index contributed by atoms with van der Waals surface area (Å²) >= 11 is 0. The number of nitrogens with two attached hydrogens (primary N) is 1. The van der Waals surface area contributed by atoms with Crippen LogP contribution < -0.4 is 25.2 Å². The predicted octanol–water partition coefficient (Wildman–Crippen LogP) is 2.75. The monoisotopic (exact) mass is 427 g/mol. The number of amides is 1. The lowest BCUT2D eigenvalue weighted by Crippen LogP contribution is -2.40. The average Bonchev–Trinajstić information content (AvgIpc) is 3.00. The van der Waals surface area contributed by atoms with Crippen molar-refractivity contribution in [2.45, 2.75) is 31.2 Å². The topological polar surface area (TPSA) is 120 Å². The quantitative estimate of drug-likeness (QED) is 0.645. The van der Waals surface area contributed by atoms with Crippen LogP contribution in [0.1, 0.15) is 31.1 Å². The van der Waals surface area contributed by atoms with E-state index in [1.54, 1.807) is 32.9 Å². The molecule has 3 rings (SSSR count). The van der Waals surface area contributed by atoms with Crippen molar-refractivity contribution in [3.05, 3.63) is 42.0 Å². The van der Waals surface area contributed by atoms with E-state index in [1.807, 2.05) is 0 Å². The van der Waals surface area contributed by atoms with Gasteiger partial charge in [0.15, 0.2) is 11.5 Å². The molecular weight excluding hydrogens is 406 g/mol. The molecule has 0 saturated heterocycles. The van der Waals surface area contributed by atoms with Crippen LogP contribution in [0, 0.1) is 0 Å². The van der Waals surface area contributed by atoms with Crippen molar-refractivity contribution in [3.63, 3.8) is 0 Å². The Balaban J connectivity index is 0.00000280. The first-order valence-electron chi connectivity index (χ1n) is 8.20. The normalized spacial score (nSPS) is 13.0. The Morgan fingerprint density at radius 2 is 1.64 bits per heavy atom. The SMILES string of the molecule is CC(C)(C)NS(=O)(=O)c1ccc(C(=O)Nc2cc3c(cc2N)OCO3)cc1.Cl. The second kappa shape index (κ2) is 7.86. The third-order valence-corrected chi connectivity index (χ3v) is 5.43. The predicted molar refractivity (Wildman–Crippen MR) is 109 cm³/mol. The molecule has 4 N–H and O–H groups in total. The van der Waals surface area contributed by atoms with E-state index in [0.29, 0.717) is 28.4 Å². The smallest absolute Gasteiger partial charge is 0.255 e. The zero-order valence-corrected chi connectivity index (χ0v) is 17.2. The number of rotatable bonds is 4. The lowest BCUT2D eigenvalue weighted by Gasteiger charge is -2.20. The number of ether oxygens (including phenoxy) is 2. The van der Waals surface area contributed by atoms with E-state index < -0.39 is 21.5 Å². The maximum atomic E-state index is 12.5. The molecule has 2 aromatic carbocycles. The molecule has 1 heterocycles. The second-order valence-corrected chi connectivity index (χ2v) is 8.81. The van der Waals surface area contributed by atoms with Crippen molar-refractivity contribution in [1.82, 2.24) is 4.72 Å². The van der Waals surface area contributed by atoms with Crippen LogP contribution in [0.5, 0.6) is 11.5 Å². The Hall–Kier alpha value is -2.49. The lowest BCUT2D eigenvalue weighted by atomic mass is 10.1. The second-order valence-electron chi connectivity index (χ2n) is 7.13. The van der Waals surface area contributed by atoms with Crippen molar-refractivity contribution in [2.24, 2.45) is 0 Å². The first kappa shape index (κ1) is 21.8. The third-order valence-electron chi connectivity index (χ3n) is 3.66. The van der Waals surface area contributed by atoms with Crippen LogP contribution in [0.3, 0.4) is 0 Å². The molecule has 152 valence electrons. The molecule has 2 aromatic rings. The van der Waals surface area contributed by atoms with Gasteiger partial charge in [-0.3, -0.25) is 4.79 Å². The zero-order chi connectivity index (χ0) is 19.8. The number of carbonyl (C=O) groups excluding carboxylic acids is 1. The van der Waals surface area contributed by atoms with Crippen LogP contribution in [0.4, 0.5) is 11.4 Å². The molecule has 0 fully saturated rings. The summed E-state index contributed by atoms with van der Waals surface area (Å²) in [5.41, 5.74) is 6.33. The van der Waals surface area contributed by atoms with Gasteiger partial charge in [0.2, 0.25) is 16.8 Å². The highest BCUT2D eigenvalue weighted by Gasteiger charge is 2.22. The van der Waals surface area contributed by atoms with Crippen LogP contribution in [0.15, 0.2) is 41.3 Å². The highest BCUT2D eigenvalue weighted by molar-refractivity contribution is 7.89. The lowest BCUT2D eigenvalue weighted by molar-refractivity contribution is 0.102. The van der Waals surface area contributed by atoms with Gasteiger partial charge in [-0.15, -0.1) is 12.4 Å². The van der Waals surface area contributed by atoms with Gasteiger partial charge in [0.25, 0.3) is 5.91 Å². The van der Waals surface area contributed by atoms with Gasteiger partial charge in [-0.25, -0.2) is 13.1 Å². The number of halogens is 1. The fourth-order valence-corrected chi connectivity index (χ4v) is 3.93. The fourth-order valence-electron chi connectivity index (χ4n) is 2.51.